The molecule has 0 saturated carbocycles. The van der Waals surface area contributed by atoms with E-state index in [9.17, 15) is 4.39 Å². The molecule has 0 fully saturated rings. The fraction of sp³-hybridized carbons (Fsp3) is 0.190. The predicted octanol–water partition coefficient (Wildman–Crippen LogP) is 5.25. The maximum atomic E-state index is 13.7. The van der Waals surface area contributed by atoms with Gasteiger partial charge in [-0.2, -0.15) is 0 Å². The number of halogens is 1. The molecule has 0 aliphatic rings. The Balaban J connectivity index is 2.03. The lowest BCUT2D eigenvalue weighted by Gasteiger charge is -2.17. The van der Waals surface area contributed by atoms with E-state index in [1.54, 1.807) is 31.1 Å². The summed E-state index contributed by atoms with van der Waals surface area (Å²) in [5.74, 6) is 5.98. The molecule has 0 aliphatic carbocycles. The van der Waals surface area contributed by atoms with Crippen LogP contribution in [-0.4, -0.2) is 17.3 Å². The van der Waals surface area contributed by atoms with Crippen molar-refractivity contribution >= 4 is 39.7 Å². The average Bonchev–Trinajstić information content (AvgIpc) is 2.67. The Labute approximate surface area is 168 Å². The van der Waals surface area contributed by atoms with Crippen LogP contribution in [0.15, 0.2) is 54.1 Å². The molecule has 0 radical (unpaired) electrons. The number of benzene rings is 2. The minimum Gasteiger partial charge on any atom is -0.496 e. The number of anilines is 2. The van der Waals surface area contributed by atoms with Gasteiger partial charge >= 0.3 is 0 Å². The Morgan fingerprint density at radius 2 is 2.00 bits per heavy atom. The molecular formula is C21H23FN4OS. The van der Waals surface area contributed by atoms with Crippen molar-refractivity contribution in [3.05, 3.63) is 60.6 Å². The van der Waals surface area contributed by atoms with Crippen molar-refractivity contribution in [1.82, 2.24) is 4.98 Å². The number of pyridine rings is 1. The number of ether oxygens (including phenoxy) is 1. The Morgan fingerprint density at radius 1 is 1.21 bits per heavy atom. The summed E-state index contributed by atoms with van der Waals surface area (Å²) in [5, 5.41) is 4.60. The highest BCUT2D eigenvalue weighted by molar-refractivity contribution is 8.00. The first-order chi connectivity index (χ1) is 13.4. The van der Waals surface area contributed by atoms with Gasteiger partial charge in [0.05, 0.1) is 23.2 Å². The van der Waals surface area contributed by atoms with Crippen LogP contribution >= 0.6 is 11.8 Å². The fourth-order valence-corrected chi connectivity index (χ4v) is 3.84. The molecule has 3 aromatic rings. The van der Waals surface area contributed by atoms with E-state index in [0.29, 0.717) is 22.2 Å². The lowest BCUT2D eigenvalue weighted by molar-refractivity contribution is 0.405. The number of aromatic nitrogens is 1. The van der Waals surface area contributed by atoms with Crippen LogP contribution < -0.4 is 21.3 Å². The number of methoxy groups -OCH3 is 1. The van der Waals surface area contributed by atoms with E-state index < -0.39 is 0 Å². The molecule has 0 bridgehead atoms. The van der Waals surface area contributed by atoms with Crippen LogP contribution in [0, 0.1) is 5.82 Å². The number of hydrogen-bond acceptors (Lipinski definition) is 6. The molecular weight excluding hydrogens is 375 g/mol. The Morgan fingerprint density at radius 3 is 2.68 bits per heavy atom. The molecule has 0 saturated heterocycles. The second-order valence-corrected chi connectivity index (χ2v) is 8.10. The molecule has 5 nitrogen and oxygen atoms in total. The van der Waals surface area contributed by atoms with Gasteiger partial charge in [0.15, 0.2) is 0 Å². The van der Waals surface area contributed by atoms with E-state index in [-0.39, 0.29) is 5.82 Å². The highest BCUT2D eigenvalue weighted by atomic mass is 32.2. The van der Waals surface area contributed by atoms with Crippen molar-refractivity contribution in [3.8, 4) is 5.75 Å². The number of fused-ring (bicyclic) bond motifs is 1. The first-order valence-corrected chi connectivity index (χ1v) is 9.66. The smallest absolute Gasteiger partial charge is 0.134 e. The molecule has 0 spiro atoms. The van der Waals surface area contributed by atoms with E-state index in [2.05, 4.69) is 42.2 Å². The Hall–Kier alpha value is -2.77. The standard InChI is InChI=1S/C21H23FN4OS/c1-12(2)28-21-10-16-17(7-8-24-19(16)11-20(21)27-4)25-13(3)15-9-14(22)5-6-18(15)26-23/h5-12,26H,3,23H2,1-2,4H3,(H,24,25). The van der Waals surface area contributed by atoms with Crippen molar-refractivity contribution in [3.63, 3.8) is 0 Å². The molecule has 7 heteroatoms. The van der Waals surface area contributed by atoms with Crippen LogP contribution in [0.2, 0.25) is 0 Å². The van der Waals surface area contributed by atoms with Gasteiger partial charge in [0, 0.05) is 39.8 Å². The molecule has 0 unspecified atom stereocenters. The van der Waals surface area contributed by atoms with Gasteiger partial charge in [-0.05, 0) is 30.3 Å². The highest BCUT2D eigenvalue weighted by Gasteiger charge is 2.13. The van der Waals surface area contributed by atoms with E-state index in [4.69, 9.17) is 10.6 Å². The van der Waals surface area contributed by atoms with E-state index >= 15 is 0 Å². The number of hydrogen-bond donors (Lipinski definition) is 3. The summed E-state index contributed by atoms with van der Waals surface area (Å²) < 4.78 is 19.3. The molecule has 1 heterocycles. The summed E-state index contributed by atoms with van der Waals surface area (Å²) >= 11 is 1.72. The first kappa shape index (κ1) is 20.0. The summed E-state index contributed by atoms with van der Waals surface area (Å²) in [6.07, 6.45) is 1.71. The number of nitrogens with two attached hydrogens (primary N) is 1. The van der Waals surface area contributed by atoms with Gasteiger partial charge in [0.1, 0.15) is 11.6 Å². The number of thioether (sulfide) groups is 1. The van der Waals surface area contributed by atoms with Crippen LogP contribution in [0.25, 0.3) is 16.6 Å². The Kier molecular flexibility index (Phi) is 6.06. The normalized spacial score (nSPS) is 10.9. The van der Waals surface area contributed by atoms with Crippen molar-refractivity contribution in [2.75, 3.05) is 17.9 Å². The highest BCUT2D eigenvalue weighted by Crippen LogP contribution is 2.38. The second kappa shape index (κ2) is 8.50. The third-order valence-electron chi connectivity index (χ3n) is 4.14. The fourth-order valence-electron chi connectivity index (χ4n) is 2.89. The van der Waals surface area contributed by atoms with Crippen LogP contribution in [0.1, 0.15) is 19.4 Å². The zero-order valence-electron chi connectivity index (χ0n) is 16.0. The quantitative estimate of drug-likeness (QED) is 0.287. The molecule has 28 heavy (non-hydrogen) atoms. The predicted molar refractivity (Wildman–Crippen MR) is 116 cm³/mol. The van der Waals surface area contributed by atoms with Crippen molar-refractivity contribution in [1.29, 1.82) is 0 Å². The van der Waals surface area contributed by atoms with Crippen LogP contribution in [-0.2, 0) is 0 Å². The number of nitrogen functional groups attached to an aromatic ring is 1. The molecule has 0 aliphatic heterocycles. The van der Waals surface area contributed by atoms with E-state index in [0.717, 1.165) is 27.2 Å². The van der Waals surface area contributed by atoms with Gasteiger partial charge in [0.25, 0.3) is 0 Å². The maximum Gasteiger partial charge on any atom is 0.134 e. The molecule has 3 rings (SSSR count). The first-order valence-electron chi connectivity index (χ1n) is 8.78. The number of nitrogens with one attached hydrogen (secondary N) is 2. The molecule has 1 aromatic heterocycles. The maximum absolute atomic E-state index is 13.7. The number of hydrazine groups is 1. The number of nitrogens with zero attached hydrogens (tertiary/aromatic N) is 1. The lowest BCUT2D eigenvalue weighted by atomic mass is 10.1. The molecule has 2 aromatic carbocycles. The van der Waals surface area contributed by atoms with Crippen molar-refractivity contribution in [2.24, 2.45) is 5.84 Å². The third-order valence-corrected chi connectivity index (χ3v) is 5.18. The van der Waals surface area contributed by atoms with Gasteiger partial charge in [0.2, 0.25) is 0 Å². The van der Waals surface area contributed by atoms with Crippen LogP contribution in [0.4, 0.5) is 15.8 Å². The zero-order chi connectivity index (χ0) is 20.3. The largest absolute Gasteiger partial charge is 0.496 e. The summed E-state index contributed by atoms with van der Waals surface area (Å²) in [5.41, 5.74) is 5.83. The van der Waals surface area contributed by atoms with Gasteiger partial charge in [-0.15, -0.1) is 11.8 Å². The van der Waals surface area contributed by atoms with E-state index in [1.807, 2.05) is 12.1 Å². The SMILES string of the molecule is C=C(Nc1ccnc2cc(OC)c(SC(C)C)cc12)c1cc(F)ccc1NN. The zero-order valence-corrected chi connectivity index (χ0v) is 16.9. The van der Waals surface area contributed by atoms with Gasteiger partial charge in [-0.1, -0.05) is 20.4 Å². The van der Waals surface area contributed by atoms with Crippen LogP contribution in [0.3, 0.4) is 0 Å². The molecule has 0 atom stereocenters. The second-order valence-electron chi connectivity index (χ2n) is 6.48. The Bertz CT molecular complexity index is 1020. The third kappa shape index (κ3) is 4.21. The van der Waals surface area contributed by atoms with E-state index in [1.165, 1.54) is 12.1 Å². The topological polar surface area (TPSA) is 72.2 Å². The average molecular weight is 399 g/mol. The minimum atomic E-state index is -0.364. The van der Waals surface area contributed by atoms with Gasteiger partial charge < -0.3 is 15.5 Å². The molecule has 4 N–H and O–H groups in total. The number of rotatable bonds is 7. The molecule has 0 amide bonds. The monoisotopic (exact) mass is 398 g/mol. The lowest BCUT2D eigenvalue weighted by Crippen LogP contribution is -2.11. The van der Waals surface area contributed by atoms with Crippen molar-refractivity contribution in [2.45, 2.75) is 24.0 Å². The molecule has 146 valence electrons. The van der Waals surface area contributed by atoms with Gasteiger partial charge in [-0.25, -0.2) is 4.39 Å². The summed E-state index contributed by atoms with van der Waals surface area (Å²) in [6, 6.07) is 10.1. The van der Waals surface area contributed by atoms with Crippen molar-refractivity contribution < 1.29 is 9.13 Å². The summed E-state index contributed by atoms with van der Waals surface area (Å²) in [6.45, 7) is 8.32. The minimum absolute atomic E-state index is 0.364. The van der Waals surface area contributed by atoms with Crippen LogP contribution in [0.5, 0.6) is 5.75 Å². The van der Waals surface area contributed by atoms with Gasteiger partial charge in [-0.3, -0.25) is 10.8 Å². The summed E-state index contributed by atoms with van der Waals surface area (Å²) in [7, 11) is 1.65. The summed E-state index contributed by atoms with van der Waals surface area (Å²) in [4.78, 5) is 5.48.